The molecule has 5 nitrogen and oxygen atoms in total. The van der Waals surface area contributed by atoms with E-state index in [0.717, 1.165) is 11.8 Å². The summed E-state index contributed by atoms with van der Waals surface area (Å²) in [7, 11) is 0. The number of hydrogen-bond donors (Lipinski definition) is 0. The molecule has 0 aliphatic heterocycles. The summed E-state index contributed by atoms with van der Waals surface area (Å²) >= 11 is 1.19. The minimum Gasteiger partial charge on any atom is -0.446 e. The second-order valence-corrected chi connectivity index (χ2v) is 4.66. The lowest BCUT2D eigenvalue weighted by atomic mass is 10.2. The molecule has 0 unspecified atom stereocenters. The highest BCUT2D eigenvalue weighted by Crippen LogP contribution is 2.32. The van der Waals surface area contributed by atoms with E-state index in [1.54, 1.807) is 25.1 Å². The van der Waals surface area contributed by atoms with Crippen LogP contribution in [0.5, 0.6) is 10.8 Å². The van der Waals surface area contributed by atoms with E-state index in [1.165, 1.54) is 23.5 Å². The highest BCUT2D eigenvalue weighted by molar-refractivity contribution is 7.15. The lowest BCUT2D eigenvalue weighted by Crippen LogP contribution is -1.91. The number of benzene rings is 1. The standard InChI is InChI=1S/C12H9NO4S/c1-8-2-3-9(13(15)16)6-11(8)17-12-5-4-10(7-14)18-12/h2-7H,1H3. The first-order chi connectivity index (χ1) is 8.60. The molecule has 6 heteroatoms. The number of nitro benzene ring substituents is 1. The van der Waals surface area contributed by atoms with E-state index in [4.69, 9.17) is 4.74 Å². The third-order valence-corrected chi connectivity index (χ3v) is 3.20. The van der Waals surface area contributed by atoms with Gasteiger partial charge in [0.05, 0.1) is 15.9 Å². The first kappa shape index (κ1) is 12.3. The van der Waals surface area contributed by atoms with Crippen LogP contribution in [0.2, 0.25) is 0 Å². The number of nitro groups is 1. The van der Waals surface area contributed by atoms with Crippen LogP contribution in [0.15, 0.2) is 30.3 Å². The quantitative estimate of drug-likeness (QED) is 0.480. The van der Waals surface area contributed by atoms with Crippen molar-refractivity contribution >= 4 is 23.3 Å². The van der Waals surface area contributed by atoms with Crippen molar-refractivity contribution in [2.75, 3.05) is 0 Å². The van der Waals surface area contributed by atoms with E-state index in [9.17, 15) is 14.9 Å². The monoisotopic (exact) mass is 263 g/mol. The molecule has 18 heavy (non-hydrogen) atoms. The fourth-order valence-electron chi connectivity index (χ4n) is 1.37. The van der Waals surface area contributed by atoms with Crippen LogP contribution in [-0.2, 0) is 0 Å². The van der Waals surface area contributed by atoms with Crippen LogP contribution < -0.4 is 4.74 Å². The molecule has 0 aliphatic carbocycles. The van der Waals surface area contributed by atoms with E-state index >= 15 is 0 Å². The van der Waals surface area contributed by atoms with Crippen molar-refractivity contribution in [1.82, 2.24) is 0 Å². The van der Waals surface area contributed by atoms with Gasteiger partial charge in [-0.25, -0.2) is 0 Å². The van der Waals surface area contributed by atoms with Crippen LogP contribution in [0.25, 0.3) is 0 Å². The number of ether oxygens (including phenoxy) is 1. The van der Waals surface area contributed by atoms with E-state index in [1.807, 2.05) is 0 Å². The fraction of sp³-hybridized carbons (Fsp3) is 0.0833. The Balaban J connectivity index is 2.30. The number of thiophene rings is 1. The smallest absolute Gasteiger partial charge is 0.273 e. The van der Waals surface area contributed by atoms with Gasteiger partial charge in [-0.15, -0.1) is 0 Å². The maximum absolute atomic E-state index is 10.7. The van der Waals surface area contributed by atoms with E-state index in [-0.39, 0.29) is 5.69 Å². The average Bonchev–Trinajstić information content (AvgIpc) is 2.79. The highest BCUT2D eigenvalue weighted by atomic mass is 32.1. The zero-order chi connectivity index (χ0) is 13.1. The predicted molar refractivity (Wildman–Crippen MR) is 67.6 cm³/mol. The number of carbonyl (C=O) groups excluding carboxylic acids is 1. The van der Waals surface area contributed by atoms with Crippen molar-refractivity contribution < 1.29 is 14.5 Å². The lowest BCUT2D eigenvalue weighted by molar-refractivity contribution is -0.384. The minimum atomic E-state index is -0.475. The molecule has 2 aromatic rings. The first-order valence-corrected chi connectivity index (χ1v) is 5.89. The maximum Gasteiger partial charge on any atom is 0.273 e. The van der Waals surface area contributed by atoms with Gasteiger partial charge >= 0.3 is 0 Å². The average molecular weight is 263 g/mol. The van der Waals surface area contributed by atoms with Gasteiger partial charge in [0.15, 0.2) is 11.3 Å². The van der Waals surface area contributed by atoms with Gasteiger partial charge in [-0.1, -0.05) is 11.3 Å². The molecule has 0 spiro atoms. The fourth-order valence-corrected chi connectivity index (χ4v) is 2.06. The molecule has 0 amide bonds. The van der Waals surface area contributed by atoms with Gasteiger partial charge in [0.25, 0.3) is 5.69 Å². The molecule has 1 heterocycles. The van der Waals surface area contributed by atoms with Gasteiger partial charge in [0, 0.05) is 6.07 Å². The number of aryl methyl sites for hydroxylation is 1. The Labute approximate surface area is 107 Å². The summed E-state index contributed by atoms with van der Waals surface area (Å²) in [6, 6.07) is 7.72. The Bertz CT molecular complexity index is 606. The summed E-state index contributed by atoms with van der Waals surface area (Å²) in [4.78, 5) is 21.3. The normalized spacial score (nSPS) is 10.1. The molecular weight excluding hydrogens is 254 g/mol. The largest absolute Gasteiger partial charge is 0.446 e. The second kappa shape index (κ2) is 4.97. The number of nitrogens with zero attached hydrogens (tertiary/aromatic N) is 1. The molecule has 2 rings (SSSR count). The third kappa shape index (κ3) is 2.54. The molecule has 0 saturated heterocycles. The van der Waals surface area contributed by atoms with Gasteiger partial charge in [-0.2, -0.15) is 0 Å². The summed E-state index contributed by atoms with van der Waals surface area (Å²) in [6.07, 6.45) is 0.734. The van der Waals surface area contributed by atoms with Crippen molar-refractivity contribution in [3.8, 4) is 10.8 Å². The van der Waals surface area contributed by atoms with E-state index < -0.39 is 4.92 Å². The predicted octanol–water partition coefficient (Wildman–Crippen LogP) is 3.57. The van der Waals surface area contributed by atoms with Crippen molar-refractivity contribution in [3.05, 3.63) is 50.9 Å². The lowest BCUT2D eigenvalue weighted by Gasteiger charge is -2.05. The SMILES string of the molecule is Cc1ccc([N+](=O)[O-])cc1Oc1ccc(C=O)s1. The Kier molecular flexibility index (Phi) is 3.38. The Morgan fingerprint density at radius 3 is 2.72 bits per heavy atom. The van der Waals surface area contributed by atoms with Crippen molar-refractivity contribution in [3.63, 3.8) is 0 Å². The molecule has 1 aromatic heterocycles. The van der Waals surface area contributed by atoms with Crippen molar-refractivity contribution in [1.29, 1.82) is 0 Å². The van der Waals surface area contributed by atoms with Crippen LogP contribution in [0, 0.1) is 17.0 Å². The van der Waals surface area contributed by atoms with E-state index in [2.05, 4.69) is 0 Å². The van der Waals surface area contributed by atoms with Crippen LogP contribution in [0.3, 0.4) is 0 Å². The molecule has 0 fully saturated rings. The molecule has 0 atom stereocenters. The molecule has 0 N–H and O–H groups in total. The summed E-state index contributed by atoms with van der Waals surface area (Å²) in [5.74, 6) is 0.420. The van der Waals surface area contributed by atoms with Crippen LogP contribution in [0.4, 0.5) is 5.69 Å². The number of hydrogen-bond acceptors (Lipinski definition) is 5. The van der Waals surface area contributed by atoms with Crippen molar-refractivity contribution in [2.45, 2.75) is 6.92 Å². The van der Waals surface area contributed by atoms with Crippen LogP contribution in [0.1, 0.15) is 15.2 Å². The summed E-state index contributed by atoms with van der Waals surface area (Å²) < 4.78 is 5.54. The maximum atomic E-state index is 10.7. The molecule has 0 aliphatic rings. The van der Waals surface area contributed by atoms with Crippen LogP contribution >= 0.6 is 11.3 Å². The van der Waals surface area contributed by atoms with Gasteiger partial charge in [0.1, 0.15) is 5.75 Å². The van der Waals surface area contributed by atoms with Gasteiger partial charge < -0.3 is 4.74 Å². The highest BCUT2D eigenvalue weighted by Gasteiger charge is 2.11. The first-order valence-electron chi connectivity index (χ1n) is 5.08. The number of aldehydes is 1. The van der Waals surface area contributed by atoms with Gasteiger partial charge in [-0.05, 0) is 30.7 Å². The van der Waals surface area contributed by atoms with Gasteiger partial charge in [-0.3, -0.25) is 14.9 Å². The molecule has 1 aromatic carbocycles. The Morgan fingerprint density at radius 1 is 1.33 bits per heavy atom. The van der Waals surface area contributed by atoms with Crippen LogP contribution in [-0.4, -0.2) is 11.2 Å². The van der Waals surface area contributed by atoms with Crippen molar-refractivity contribution in [2.24, 2.45) is 0 Å². The molecular formula is C12H9NO4S. The number of non-ortho nitro benzene ring substituents is 1. The Morgan fingerprint density at radius 2 is 2.11 bits per heavy atom. The second-order valence-electron chi connectivity index (χ2n) is 3.58. The van der Waals surface area contributed by atoms with Gasteiger partial charge in [0.2, 0.25) is 0 Å². The number of rotatable bonds is 4. The zero-order valence-corrected chi connectivity index (χ0v) is 10.3. The van der Waals surface area contributed by atoms with E-state index in [0.29, 0.717) is 15.7 Å². The topological polar surface area (TPSA) is 69.4 Å². The summed E-state index contributed by atoms with van der Waals surface area (Å²) in [6.45, 7) is 1.80. The minimum absolute atomic E-state index is 0.0252. The number of carbonyl (C=O) groups is 1. The molecule has 0 radical (unpaired) electrons. The summed E-state index contributed by atoms with van der Waals surface area (Å²) in [5.41, 5.74) is 0.768. The molecule has 92 valence electrons. The summed E-state index contributed by atoms with van der Waals surface area (Å²) in [5, 5.41) is 11.2. The molecule has 0 bridgehead atoms. The Hall–Kier alpha value is -2.21. The third-order valence-electron chi connectivity index (χ3n) is 2.31. The molecule has 0 saturated carbocycles. The zero-order valence-electron chi connectivity index (χ0n) is 9.45.